The van der Waals surface area contributed by atoms with Crippen molar-refractivity contribution in [1.82, 2.24) is 0 Å². The monoisotopic (exact) mass is 342 g/mol. The molecule has 138 valence electrons. The van der Waals surface area contributed by atoms with E-state index in [1.807, 2.05) is 6.92 Å². The van der Waals surface area contributed by atoms with Gasteiger partial charge in [0.05, 0.1) is 12.2 Å². The molecule has 24 heavy (non-hydrogen) atoms. The van der Waals surface area contributed by atoms with Crippen molar-refractivity contribution < 1.29 is 29.3 Å². The Morgan fingerprint density at radius 2 is 1.38 bits per heavy atom. The van der Waals surface area contributed by atoms with Gasteiger partial charge in [-0.2, -0.15) is 0 Å². The Balaban J connectivity index is 4.08. The minimum absolute atomic E-state index is 0.0685. The number of ether oxygens (including phenoxy) is 2. The number of aliphatic hydroxyl groups excluding tert-OH is 2. The van der Waals surface area contributed by atoms with Gasteiger partial charge in [0.1, 0.15) is 13.2 Å². The zero-order valence-corrected chi connectivity index (χ0v) is 14.9. The zero-order valence-electron chi connectivity index (χ0n) is 14.9. The number of carbonyl (C=O) groups excluding carboxylic acids is 2. The lowest BCUT2D eigenvalue weighted by molar-refractivity contribution is -0.143. The maximum atomic E-state index is 11.3. The van der Waals surface area contributed by atoms with Crippen LogP contribution in [0, 0.1) is 5.92 Å². The Morgan fingerprint density at radius 1 is 0.917 bits per heavy atom. The fourth-order valence-corrected chi connectivity index (χ4v) is 2.04. The van der Waals surface area contributed by atoms with Crippen molar-refractivity contribution in [2.75, 3.05) is 13.2 Å². The second-order valence-corrected chi connectivity index (χ2v) is 6.15. The number of hydrogen-bond donors (Lipinski definition) is 2. The van der Waals surface area contributed by atoms with E-state index in [-0.39, 0.29) is 19.1 Å². The summed E-state index contributed by atoms with van der Waals surface area (Å²) in [6.45, 7) is 11.9. The zero-order chi connectivity index (χ0) is 18.7. The molecule has 3 unspecified atom stereocenters. The van der Waals surface area contributed by atoms with Crippen LogP contribution in [0.15, 0.2) is 24.3 Å². The van der Waals surface area contributed by atoms with E-state index in [2.05, 4.69) is 13.2 Å². The highest BCUT2D eigenvalue weighted by Crippen LogP contribution is 2.19. The van der Waals surface area contributed by atoms with Gasteiger partial charge in [-0.25, -0.2) is 9.59 Å². The molecule has 0 rings (SSSR count). The highest BCUT2D eigenvalue weighted by atomic mass is 16.5. The topological polar surface area (TPSA) is 93.1 Å². The van der Waals surface area contributed by atoms with Crippen LogP contribution in [-0.4, -0.2) is 47.6 Å². The first kappa shape index (κ1) is 22.3. The van der Waals surface area contributed by atoms with Crippen molar-refractivity contribution in [3.05, 3.63) is 24.3 Å². The van der Waals surface area contributed by atoms with Gasteiger partial charge in [-0.3, -0.25) is 0 Å². The van der Waals surface area contributed by atoms with Gasteiger partial charge in [-0.1, -0.05) is 26.5 Å². The number of esters is 2. The van der Waals surface area contributed by atoms with Gasteiger partial charge in [0.15, 0.2) is 0 Å². The van der Waals surface area contributed by atoms with E-state index >= 15 is 0 Å². The summed E-state index contributed by atoms with van der Waals surface area (Å²) in [5.74, 6) is -0.859. The predicted octanol–water partition coefficient (Wildman–Crippen LogP) is 2.14. The van der Waals surface area contributed by atoms with Crippen LogP contribution in [0.3, 0.4) is 0 Å². The van der Waals surface area contributed by atoms with Crippen molar-refractivity contribution in [3.8, 4) is 0 Å². The van der Waals surface area contributed by atoms with Crippen LogP contribution in [0.4, 0.5) is 0 Å². The van der Waals surface area contributed by atoms with Crippen LogP contribution < -0.4 is 0 Å². The van der Waals surface area contributed by atoms with E-state index in [1.54, 1.807) is 13.8 Å². The molecular formula is C18H30O6. The molecule has 0 aromatic rings. The maximum absolute atomic E-state index is 11.3. The molecule has 0 fully saturated rings. The van der Waals surface area contributed by atoms with Crippen molar-refractivity contribution in [3.63, 3.8) is 0 Å². The molecule has 6 heteroatoms. The quantitative estimate of drug-likeness (QED) is 0.417. The fraction of sp³-hybridized carbons (Fsp3) is 0.667. The number of hydrogen-bond acceptors (Lipinski definition) is 6. The average molecular weight is 342 g/mol. The van der Waals surface area contributed by atoms with E-state index < -0.39 is 24.1 Å². The Bertz CT molecular complexity index is 443. The van der Waals surface area contributed by atoms with Crippen molar-refractivity contribution >= 4 is 11.9 Å². The minimum Gasteiger partial charge on any atom is -0.460 e. The van der Waals surface area contributed by atoms with Gasteiger partial charge >= 0.3 is 11.9 Å². The van der Waals surface area contributed by atoms with Crippen LogP contribution in [0.2, 0.25) is 0 Å². The van der Waals surface area contributed by atoms with Gasteiger partial charge < -0.3 is 19.7 Å². The third-order valence-electron chi connectivity index (χ3n) is 3.60. The summed E-state index contributed by atoms with van der Waals surface area (Å²) in [7, 11) is 0. The van der Waals surface area contributed by atoms with E-state index in [4.69, 9.17) is 9.47 Å². The summed E-state index contributed by atoms with van der Waals surface area (Å²) in [6, 6.07) is 0. The molecule has 0 saturated carbocycles. The van der Waals surface area contributed by atoms with Crippen LogP contribution in [0.1, 0.15) is 46.5 Å². The van der Waals surface area contributed by atoms with Gasteiger partial charge in [0.2, 0.25) is 0 Å². The van der Waals surface area contributed by atoms with E-state index in [0.717, 1.165) is 6.42 Å². The molecule has 2 N–H and O–H groups in total. The highest BCUT2D eigenvalue weighted by molar-refractivity contribution is 5.87. The first-order chi connectivity index (χ1) is 11.2. The Kier molecular flexibility index (Phi) is 11.0. The van der Waals surface area contributed by atoms with Crippen LogP contribution in [0.25, 0.3) is 0 Å². The molecule has 0 aliphatic heterocycles. The maximum Gasteiger partial charge on any atom is 0.333 e. The Hall–Kier alpha value is -1.66. The smallest absolute Gasteiger partial charge is 0.333 e. The second kappa shape index (κ2) is 11.8. The Labute approximate surface area is 144 Å². The predicted molar refractivity (Wildman–Crippen MR) is 91.2 cm³/mol. The molecule has 0 radical (unpaired) electrons. The van der Waals surface area contributed by atoms with Crippen molar-refractivity contribution in [2.24, 2.45) is 5.92 Å². The molecule has 0 heterocycles. The molecule has 3 atom stereocenters. The summed E-state index contributed by atoms with van der Waals surface area (Å²) in [4.78, 5) is 22.5. The molecule has 6 nitrogen and oxygen atoms in total. The summed E-state index contributed by atoms with van der Waals surface area (Å²) in [5, 5.41) is 19.8. The summed E-state index contributed by atoms with van der Waals surface area (Å²) in [6.07, 6.45) is 0.924. The third kappa shape index (κ3) is 10.2. The van der Waals surface area contributed by atoms with E-state index in [0.29, 0.717) is 30.4 Å². The number of aliphatic hydroxyl groups is 2. The van der Waals surface area contributed by atoms with Crippen LogP contribution in [-0.2, 0) is 19.1 Å². The van der Waals surface area contributed by atoms with Crippen molar-refractivity contribution in [1.29, 1.82) is 0 Å². The molecule has 0 aliphatic rings. The van der Waals surface area contributed by atoms with Crippen LogP contribution in [0.5, 0.6) is 0 Å². The van der Waals surface area contributed by atoms with Gasteiger partial charge in [-0.15, -0.1) is 0 Å². The normalized spacial score (nSPS) is 14.4. The number of rotatable bonds is 12. The summed E-state index contributed by atoms with van der Waals surface area (Å²) < 4.78 is 9.82. The highest BCUT2D eigenvalue weighted by Gasteiger charge is 2.17. The lowest BCUT2D eigenvalue weighted by atomic mass is 9.92. The second-order valence-electron chi connectivity index (χ2n) is 6.15. The molecule has 0 bridgehead atoms. The third-order valence-corrected chi connectivity index (χ3v) is 3.60. The minimum atomic E-state index is -0.753. The molecule has 0 saturated heterocycles. The van der Waals surface area contributed by atoms with Gasteiger partial charge in [-0.05, 0) is 39.0 Å². The molecule has 0 spiro atoms. The van der Waals surface area contributed by atoms with Crippen LogP contribution >= 0.6 is 0 Å². The standard InChI is InChI=1S/C18H30O6/c1-6-14(9-16(20)11-24-18(22)13(4)5)7-8-15(19)10-23-17(21)12(2)3/h14-16,19-20H,2,4,6-11H2,1,3,5H3. The molecule has 0 aromatic heterocycles. The lowest BCUT2D eigenvalue weighted by Gasteiger charge is -2.20. The van der Waals surface area contributed by atoms with E-state index in [1.165, 1.54) is 0 Å². The summed E-state index contributed by atoms with van der Waals surface area (Å²) >= 11 is 0. The first-order valence-corrected chi connectivity index (χ1v) is 8.18. The number of carbonyl (C=O) groups is 2. The molecule has 0 aliphatic carbocycles. The van der Waals surface area contributed by atoms with Gasteiger partial charge in [0.25, 0.3) is 0 Å². The summed E-state index contributed by atoms with van der Waals surface area (Å²) in [5.41, 5.74) is 0.586. The fourth-order valence-electron chi connectivity index (χ4n) is 2.04. The lowest BCUT2D eigenvalue weighted by Crippen LogP contribution is -2.23. The molecule has 0 aromatic carbocycles. The molecule has 0 amide bonds. The largest absolute Gasteiger partial charge is 0.460 e. The average Bonchev–Trinajstić information content (AvgIpc) is 2.53. The van der Waals surface area contributed by atoms with E-state index in [9.17, 15) is 19.8 Å². The van der Waals surface area contributed by atoms with Crippen molar-refractivity contribution in [2.45, 2.75) is 58.7 Å². The Morgan fingerprint density at radius 3 is 1.79 bits per heavy atom. The SMILES string of the molecule is C=C(C)C(=O)OCC(O)CCC(CC)CC(O)COC(=O)C(=C)C. The van der Waals surface area contributed by atoms with Gasteiger partial charge in [0, 0.05) is 11.1 Å². The first-order valence-electron chi connectivity index (χ1n) is 8.18. The molecular weight excluding hydrogens is 312 g/mol.